The SMILES string of the molecule is COC(=O)c1ccc(CNC(=O)C2CC(=O)N(c3cccc(OC)c3)C2)cc1. The third-order valence-electron chi connectivity index (χ3n) is 4.70. The van der Waals surface area contributed by atoms with Crippen LogP contribution in [0.15, 0.2) is 48.5 Å². The Morgan fingerprint density at radius 1 is 1.14 bits per heavy atom. The average Bonchev–Trinajstić information content (AvgIpc) is 3.13. The Morgan fingerprint density at radius 2 is 1.89 bits per heavy atom. The number of methoxy groups -OCH3 is 2. The van der Waals surface area contributed by atoms with Gasteiger partial charge in [-0.1, -0.05) is 18.2 Å². The number of esters is 1. The lowest BCUT2D eigenvalue weighted by Crippen LogP contribution is -2.32. The number of carbonyl (C=O) groups is 3. The third kappa shape index (κ3) is 4.31. The molecule has 2 aromatic rings. The number of ether oxygens (including phenoxy) is 2. The van der Waals surface area contributed by atoms with E-state index in [1.165, 1.54) is 7.11 Å². The lowest BCUT2D eigenvalue weighted by Gasteiger charge is -2.17. The van der Waals surface area contributed by atoms with Gasteiger partial charge in [0.1, 0.15) is 5.75 Å². The largest absolute Gasteiger partial charge is 0.497 e. The number of hydrogen-bond acceptors (Lipinski definition) is 5. The maximum atomic E-state index is 12.5. The van der Waals surface area contributed by atoms with E-state index < -0.39 is 11.9 Å². The Morgan fingerprint density at radius 3 is 2.57 bits per heavy atom. The summed E-state index contributed by atoms with van der Waals surface area (Å²) in [6.45, 7) is 0.656. The van der Waals surface area contributed by atoms with Crippen molar-refractivity contribution in [3.05, 3.63) is 59.7 Å². The normalized spacial score (nSPS) is 16.0. The number of benzene rings is 2. The summed E-state index contributed by atoms with van der Waals surface area (Å²) in [6, 6.07) is 14.0. The van der Waals surface area contributed by atoms with Crippen molar-refractivity contribution in [3.63, 3.8) is 0 Å². The zero-order chi connectivity index (χ0) is 20.1. The van der Waals surface area contributed by atoms with E-state index in [4.69, 9.17) is 4.74 Å². The highest BCUT2D eigenvalue weighted by Gasteiger charge is 2.35. The summed E-state index contributed by atoms with van der Waals surface area (Å²) in [5.41, 5.74) is 2.03. The van der Waals surface area contributed by atoms with Crippen molar-refractivity contribution in [1.82, 2.24) is 5.32 Å². The Bertz CT molecular complexity index is 879. The van der Waals surface area contributed by atoms with Crippen molar-refractivity contribution >= 4 is 23.5 Å². The molecule has 1 fully saturated rings. The highest BCUT2D eigenvalue weighted by Crippen LogP contribution is 2.28. The van der Waals surface area contributed by atoms with Crippen LogP contribution in [0, 0.1) is 5.92 Å². The summed E-state index contributed by atoms with van der Waals surface area (Å²) < 4.78 is 9.86. The van der Waals surface area contributed by atoms with Gasteiger partial charge >= 0.3 is 5.97 Å². The second kappa shape index (κ2) is 8.56. The molecule has 1 aliphatic rings. The van der Waals surface area contributed by atoms with E-state index in [1.807, 2.05) is 12.1 Å². The topological polar surface area (TPSA) is 84.9 Å². The van der Waals surface area contributed by atoms with Gasteiger partial charge < -0.3 is 19.7 Å². The number of nitrogens with zero attached hydrogens (tertiary/aromatic N) is 1. The van der Waals surface area contributed by atoms with Crippen molar-refractivity contribution in [3.8, 4) is 5.75 Å². The molecule has 28 heavy (non-hydrogen) atoms. The summed E-state index contributed by atoms with van der Waals surface area (Å²) in [5, 5.41) is 2.86. The van der Waals surface area contributed by atoms with Crippen molar-refractivity contribution < 1.29 is 23.9 Å². The molecule has 0 radical (unpaired) electrons. The number of hydrogen-bond donors (Lipinski definition) is 1. The van der Waals surface area contributed by atoms with Crippen LogP contribution < -0.4 is 15.0 Å². The van der Waals surface area contributed by atoms with E-state index in [9.17, 15) is 14.4 Å². The molecule has 0 saturated carbocycles. The molecule has 146 valence electrons. The van der Waals surface area contributed by atoms with E-state index in [2.05, 4.69) is 10.1 Å². The maximum absolute atomic E-state index is 12.5. The molecule has 0 spiro atoms. The lowest BCUT2D eigenvalue weighted by molar-refractivity contribution is -0.126. The zero-order valence-electron chi connectivity index (χ0n) is 15.8. The Balaban J connectivity index is 1.58. The first-order valence-corrected chi connectivity index (χ1v) is 8.91. The van der Waals surface area contributed by atoms with Gasteiger partial charge in [0.25, 0.3) is 0 Å². The number of rotatable bonds is 6. The smallest absolute Gasteiger partial charge is 0.337 e. The second-order valence-corrected chi connectivity index (χ2v) is 6.51. The molecule has 1 saturated heterocycles. The lowest BCUT2D eigenvalue weighted by atomic mass is 10.1. The molecule has 7 nitrogen and oxygen atoms in total. The minimum absolute atomic E-state index is 0.0872. The summed E-state index contributed by atoms with van der Waals surface area (Å²) in [5.74, 6) is -0.411. The summed E-state index contributed by atoms with van der Waals surface area (Å²) in [7, 11) is 2.90. The van der Waals surface area contributed by atoms with Crippen LogP contribution in [0.3, 0.4) is 0 Å². The van der Waals surface area contributed by atoms with E-state index in [0.717, 1.165) is 11.3 Å². The van der Waals surface area contributed by atoms with Gasteiger partial charge in [-0.05, 0) is 29.8 Å². The van der Waals surface area contributed by atoms with Crippen LogP contribution in [0.25, 0.3) is 0 Å². The molecular weight excluding hydrogens is 360 g/mol. The summed E-state index contributed by atoms with van der Waals surface area (Å²) in [6.07, 6.45) is 0.171. The molecule has 0 bridgehead atoms. The highest BCUT2D eigenvalue weighted by molar-refractivity contribution is 6.00. The fourth-order valence-electron chi connectivity index (χ4n) is 3.12. The van der Waals surface area contributed by atoms with Crippen molar-refractivity contribution in [1.29, 1.82) is 0 Å². The van der Waals surface area contributed by atoms with Crippen molar-refractivity contribution in [2.45, 2.75) is 13.0 Å². The molecule has 1 heterocycles. The minimum atomic E-state index is -0.409. The first-order valence-electron chi connectivity index (χ1n) is 8.91. The fourth-order valence-corrected chi connectivity index (χ4v) is 3.12. The summed E-state index contributed by atoms with van der Waals surface area (Å²) >= 11 is 0. The average molecular weight is 382 g/mol. The van der Waals surface area contributed by atoms with Crippen molar-refractivity contribution in [2.24, 2.45) is 5.92 Å². The predicted octanol–water partition coefficient (Wildman–Crippen LogP) is 2.15. The Labute approximate surface area is 163 Å². The number of nitrogens with one attached hydrogen (secondary N) is 1. The predicted molar refractivity (Wildman–Crippen MR) is 103 cm³/mol. The molecule has 7 heteroatoms. The van der Waals surface area contributed by atoms with E-state index >= 15 is 0 Å². The number of anilines is 1. The summed E-state index contributed by atoms with van der Waals surface area (Å²) in [4.78, 5) is 37.9. The van der Waals surface area contributed by atoms with Crippen LogP contribution in [0.1, 0.15) is 22.3 Å². The van der Waals surface area contributed by atoms with E-state index in [1.54, 1.807) is 48.4 Å². The van der Waals surface area contributed by atoms with E-state index in [-0.39, 0.29) is 18.2 Å². The van der Waals surface area contributed by atoms with Gasteiger partial charge in [0.2, 0.25) is 11.8 Å². The van der Waals surface area contributed by atoms with Crippen LogP contribution >= 0.6 is 0 Å². The fraction of sp³-hybridized carbons (Fsp3) is 0.286. The van der Waals surface area contributed by atoms with Crippen LogP contribution in [0.4, 0.5) is 5.69 Å². The van der Waals surface area contributed by atoms with Crippen LogP contribution in [-0.2, 0) is 20.9 Å². The van der Waals surface area contributed by atoms with Gasteiger partial charge in [-0.2, -0.15) is 0 Å². The quantitative estimate of drug-likeness (QED) is 0.774. The maximum Gasteiger partial charge on any atom is 0.337 e. The first kappa shape index (κ1) is 19.4. The van der Waals surface area contributed by atoms with E-state index in [0.29, 0.717) is 24.4 Å². The van der Waals surface area contributed by atoms with Gasteiger partial charge in [0.15, 0.2) is 0 Å². The monoisotopic (exact) mass is 382 g/mol. The molecule has 3 rings (SSSR count). The van der Waals surface area contributed by atoms with Gasteiger partial charge in [-0.25, -0.2) is 4.79 Å². The van der Waals surface area contributed by atoms with Crippen LogP contribution in [0.2, 0.25) is 0 Å². The van der Waals surface area contributed by atoms with Gasteiger partial charge in [0.05, 0.1) is 25.7 Å². The number of amides is 2. The van der Waals surface area contributed by atoms with Crippen LogP contribution in [-0.4, -0.2) is 38.5 Å². The molecule has 1 aliphatic heterocycles. The molecule has 0 aliphatic carbocycles. The first-order chi connectivity index (χ1) is 13.5. The highest BCUT2D eigenvalue weighted by atomic mass is 16.5. The molecule has 0 aromatic heterocycles. The number of carbonyl (C=O) groups excluding carboxylic acids is 3. The Hall–Kier alpha value is -3.35. The van der Waals surface area contributed by atoms with Gasteiger partial charge in [-0.15, -0.1) is 0 Å². The molecule has 1 atom stereocenters. The molecule has 2 amide bonds. The molecule has 2 aromatic carbocycles. The minimum Gasteiger partial charge on any atom is -0.497 e. The zero-order valence-corrected chi connectivity index (χ0v) is 15.8. The van der Waals surface area contributed by atoms with Gasteiger partial charge in [-0.3, -0.25) is 9.59 Å². The van der Waals surface area contributed by atoms with Crippen molar-refractivity contribution in [2.75, 3.05) is 25.7 Å². The Kier molecular flexibility index (Phi) is 5.93. The molecule has 1 unspecified atom stereocenters. The van der Waals surface area contributed by atoms with Gasteiger partial charge in [0, 0.05) is 31.3 Å². The molecular formula is C21H22N2O5. The van der Waals surface area contributed by atoms with Crippen LogP contribution in [0.5, 0.6) is 5.75 Å². The standard InChI is InChI=1S/C21H22N2O5/c1-27-18-5-3-4-17(11-18)23-13-16(10-19(23)24)20(25)22-12-14-6-8-15(9-7-14)21(26)28-2/h3-9,11,16H,10,12-13H2,1-2H3,(H,22,25). The second-order valence-electron chi connectivity index (χ2n) is 6.51. The third-order valence-corrected chi connectivity index (χ3v) is 4.70. The molecule has 1 N–H and O–H groups in total.